The Balaban J connectivity index is 1.16. The van der Waals surface area contributed by atoms with Gasteiger partial charge < -0.3 is 4.57 Å². The molecule has 0 saturated carbocycles. The molecule has 3 heterocycles. The molecular weight excluding hydrogens is 653 g/mol. The SMILES string of the molecule is c1ccc(-c2nc(-c3ccc4ccccc4c3)nc(-c3cccc4c3sc3c(-n5c6ccccc6c6cc7ccccc7cc65)cccc34)n2)cc1. The first kappa shape index (κ1) is 29.1. The van der Waals surface area contributed by atoms with Gasteiger partial charge in [-0.3, -0.25) is 0 Å². The molecule has 242 valence electrons. The fourth-order valence-electron chi connectivity index (χ4n) is 7.74. The lowest BCUT2D eigenvalue weighted by molar-refractivity contribution is 1.08. The van der Waals surface area contributed by atoms with E-state index in [2.05, 4.69) is 156 Å². The van der Waals surface area contributed by atoms with Crippen LogP contribution in [0.25, 0.3) is 103 Å². The summed E-state index contributed by atoms with van der Waals surface area (Å²) in [6.07, 6.45) is 0. The Morgan fingerprint density at radius 2 is 0.981 bits per heavy atom. The van der Waals surface area contributed by atoms with E-state index >= 15 is 0 Å². The summed E-state index contributed by atoms with van der Waals surface area (Å²) >= 11 is 1.81. The van der Waals surface area contributed by atoms with Gasteiger partial charge in [0.1, 0.15) is 0 Å². The van der Waals surface area contributed by atoms with Crippen molar-refractivity contribution in [1.82, 2.24) is 19.5 Å². The van der Waals surface area contributed by atoms with Gasteiger partial charge in [0.25, 0.3) is 0 Å². The van der Waals surface area contributed by atoms with Crippen LogP contribution in [0, 0.1) is 0 Å². The largest absolute Gasteiger partial charge is 0.308 e. The van der Waals surface area contributed by atoms with Crippen LogP contribution in [0.3, 0.4) is 0 Å². The third-order valence-corrected chi connectivity index (χ3v) is 11.5. The number of rotatable bonds is 4. The van der Waals surface area contributed by atoms with E-state index in [1.807, 2.05) is 29.5 Å². The molecule has 0 aliphatic heterocycles. The normalized spacial score (nSPS) is 11.8. The lowest BCUT2D eigenvalue weighted by Crippen LogP contribution is -2.00. The quantitative estimate of drug-likeness (QED) is 0.186. The lowest BCUT2D eigenvalue weighted by atomic mass is 10.1. The first-order chi connectivity index (χ1) is 25.8. The van der Waals surface area contributed by atoms with E-state index in [1.54, 1.807) is 0 Å². The standard InChI is InChI=1S/C47H28N4S/c1-2-13-30(14-3-1)45-48-46(34-25-24-29-12-4-5-15-31(29)26-34)50-47(49-45)38-21-10-19-36-37-20-11-23-41(44(37)52-43(36)38)51-40-22-9-8-18-35(40)39-27-32-16-6-7-17-33(32)28-42(39)51/h1-28H. The van der Waals surface area contributed by atoms with E-state index in [0.29, 0.717) is 17.5 Å². The molecule has 0 spiro atoms. The maximum Gasteiger partial charge on any atom is 0.165 e. The third kappa shape index (κ3) is 4.50. The fraction of sp³-hybridized carbons (Fsp3) is 0. The molecule has 0 N–H and O–H groups in total. The Bertz CT molecular complexity index is 3190. The molecular formula is C47H28N4S. The summed E-state index contributed by atoms with van der Waals surface area (Å²) in [5.41, 5.74) is 6.49. The van der Waals surface area contributed by atoms with Gasteiger partial charge in [0.2, 0.25) is 0 Å². The Kier molecular flexibility index (Phi) is 6.39. The molecule has 4 nitrogen and oxygen atoms in total. The number of nitrogens with zero attached hydrogens (tertiary/aromatic N) is 4. The molecule has 0 amide bonds. The van der Waals surface area contributed by atoms with Gasteiger partial charge in [-0.15, -0.1) is 11.3 Å². The first-order valence-corrected chi connectivity index (χ1v) is 18.3. The van der Waals surface area contributed by atoms with Gasteiger partial charge >= 0.3 is 0 Å². The highest BCUT2D eigenvalue weighted by atomic mass is 32.1. The molecule has 0 unspecified atom stereocenters. The first-order valence-electron chi connectivity index (χ1n) is 17.4. The summed E-state index contributed by atoms with van der Waals surface area (Å²) in [5.74, 6) is 1.98. The molecule has 52 heavy (non-hydrogen) atoms. The molecule has 0 atom stereocenters. The van der Waals surface area contributed by atoms with Crippen molar-refractivity contribution in [3.05, 3.63) is 170 Å². The molecule has 11 aromatic rings. The topological polar surface area (TPSA) is 43.6 Å². The summed E-state index contributed by atoms with van der Waals surface area (Å²) in [7, 11) is 0. The van der Waals surface area contributed by atoms with Crippen molar-refractivity contribution in [2.24, 2.45) is 0 Å². The van der Waals surface area contributed by atoms with Crippen LogP contribution in [-0.4, -0.2) is 19.5 Å². The second-order valence-corrected chi connectivity index (χ2v) is 14.3. The minimum Gasteiger partial charge on any atom is -0.308 e. The van der Waals surface area contributed by atoms with Crippen molar-refractivity contribution in [1.29, 1.82) is 0 Å². The predicted molar refractivity (Wildman–Crippen MR) is 218 cm³/mol. The van der Waals surface area contributed by atoms with Gasteiger partial charge in [-0.2, -0.15) is 0 Å². The Morgan fingerprint density at radius 1 is 0.365 bits per heavy atom. The van der Waals surface area contributed by atoms with Crippen LogP contribution >= 0.6 is 11.3 Å². The second-order valence-electron chi connectivity index (χ2n) is 13.2. The number of thiophene rings is 1. The van der Waals surface area contributed by atoms with Crippen molar-refractivity contribution in [2.45, 2.75) is 0 Å². The van der Waals surface area contributed by atoms with Crippen LogP contribution < -0.4 is 0 Å². The molecule has 0 aliphatic rings. The molecule has 0 aliphatic carbocycles. The summed E-state index contributed by atoms with van der Waals surface area (Å²) in [5, 5.41) is 9.74. The molecule has 0 fully saturated rings. The lowest BCUT2D eigenvalue weighted by Gasteiger charge is -2.10. The van der Waals surface area contributed by atoms with E-state index < -0.39 is 0 Å². The van der Waals surface area contributed by atoms with E-state index in [0.717, 1.165) is 26.8 Å². The average Bonchev–Trinajstić information content (AvgIpc) is 3.75. The van der Waals surface area contributed by atoms with Crippen LogP contribution in [0.5, 0.6) is 0 Å². The number of hydrogen-bond donors (Lipinski definition) is 0. The summed E-state index contributed by atoms with van der Waals surface area (Å²) < 4.78 is 4.83. The molecule has 8 aromatic carbocycles. The van der Waals surface area contributed by atoms with Crippen LogP contribution in [-0.2, 0) is 0 Å². The average molecular weight is 681 g/mol. The van der Waals surface area contributed by atoms with Crippen LogP contribution in [0.4, 0.5) is 0 Å². The zero-order valence-electron chi connectivity index (χ0n) is 27.9. The smallest absolute Gasteiger partial charge is 0.165 e. The van der Waals surface area contributed by atoms with E-state index in [9.17, 15) is 0 Å². The van der Waals surface area contributed by atoms with E-state index in [4.69, 9.17) is 15.0 Å². The Hall–Kier alpha value is -6.69. The summed E-state index contributed by atoms with van der Waals surface area (Å²) in [6.45, 7) is 0. The van der Waals surface area contributed by atoms with E-state index in [-0.39, 0.29) is 0 Å². The molecule has 0 bridgehead atoms. The van der Waals surface area contributed by atoms with Gasteiger partial charge in [-0.05, 0) is 57.9 Å². The third-order valence-electron chi connectivity index (χ3n) is 10.2. The molecule has 0 saturated heterocycles. The van der Waals surface area contributed by atoms with Crippen LogP contribution in [0.2, 0.25) is 0 Å². The number of aromatic nitrogens is 4. The van der Waals surface area contributed by atoms with Crippen LogP contribution in [0.15, 0.2) is 170 Å². The maximum atomic E-state index is 5.19. The number of para-hydroxylation sites is 1. The number of benzene rings is 8. The Labute approximate surface area is 302 Å². The van der Waals surface area contributed by atoms with Gasteiger partial charge in [-0.25, -0.2) is 15.0 Å². The van der Waals surface area contributed by atoms with Crippen molar-refractivity contribution < 1.29 is 0 Å². The highest BCUT2D eigenvalue weighted by molar-refractivity contribution is 7.26. The molecule has 11 rings (SSSR count). The summed E-state index contributed by atoms with van der Waals surface area (Å²) in [6, 6.07) is 60.3. The zero-order chi connectivity index (χ0) is 34.2. The molecule has 0 radical (unpaired) electrons. The van der Waals surface area contributed by atoms with Crippen molar-refractivity contribution in [3.8, 4) is 39.9 Å². The van der Waals surface area contributed by atoms with Gasteiger partial charge in [0, 0.05) is 42.9 Å². The maximum absolute atomic E-state index is 5.19. The zero-order valence-corrected chi connectivity index (χ0v) is 28.7. The van der Waals surface area contributed by atoms with Gasteiger partial charge in [0.15, 0.2) is 17.5 Å². The number of fused-ring (bicyclic) bond motifs is 8. The monoisotopic (exact) mass is 680 g/mol. The van der Waals surface area contributed by atoms with Crippen LogP contribution in [0.1, 0.15) is 0 Å². The Morgan fingerprint density at radius 3 is 1.81 bits per heavy atom. The van der Waals surface area contributed by atoms with Gasteiger partial charge in [0.05, 0.1) is 21.4 Å². The predicted octanol–water partition coefficient (Wildman–Crippen LogP) is 12.6. The minimum absolute atomic E-state index is 0.657. The minimum atomic E-state index is 0.657. The van der Waals surface area contributed by atoms with Crippen molar-refractivity contribution in [2.75, 3.05) is 0 Å². The highest BCUT2D eigenvalue weighted by Gasteiger charge is 2.20. The fourth-order valence-corrected chi connectivity index (χ4v) is 9.06. The van der Waals surface area contributed by atoms with Crippen molar-refractivity contribution >= 4 is 74.9 Å². The second kappa shape index (κ2) is 11.4. The highest BCUT2D eigenvalue weighted by Crippen LogP contribution is 2.44. The molecule has 3 aromatic heterocycles. The van der Waals surface area contributed by atoms with E-state index in [1.165, 1.54) is 59.1 Å². The number of hydrogen-bond acceptors (Lipinski definition) is 4. The molecule has 5 heteroatoms. The van der Waals surface area contributed by atoms with Crippen molar-refractivity contribution in [3.63, 3.8) is 0 Å². The van der Waals surface area contributed by atoms with Gasteiger partial charge in [-0.1, -0.05) is 133 Å². The summed E-state index contributed by atoms with van der Waals surface area (Å²) in [4.78, 5) is 15.4.